The number of hydrogen-bond acceptors (Lipinski definition) is 2. The molecule has 1 aromatic carbocycles. The molecule has 0 unspecified atom stereocenters. The molecule has 1 rings (SSSR count). The average Bonchev–Trinajstić information content (AvgIpc) is 2.15. The van der Waals surface area contributed by atoms with Crippen LogP contribution in [0, 0.1) is 11.3 Å². The molecule has 0 bridgehead atoms. The molecule has 2 heteroatoms. The number of nitriles is 1. The van der Waals surface area contributed by atoms with Crippen molar-refractivity contribution in [1.82, 2.24) is 0 Å². The molecular weight excluding hydrogens is 174 g/mol. The van der Waals surface area contributed by atoms with Gasteiger partial charge in [-0.05, 0) is 23.1 Å². The predicted octanol–water partition coefficient (Wildman–Crippen LogP) is 2.86. The third-order valence-corrected chi connectivity index (χ3v) is 2.19. The minimum absolute atomic E-state index is 0.0846. The number of hydrogen-bond donors (Lipinski definition) is 0. The highest BCUT2D eigenvalue weighted by atomic mass is 16.5. The molecule has 0 aliphatic carbocycles. The highest BCUT2D eigenvalue weighted by Crippen LogP contribution is 2.27. The smallest absolute Gasteiger partial charge is 0.136 e. The van der Waals surface area contributed by atoms with Gasteiger partial charge in [-0.2, -0.15) is 5.26 Å². The summed E-state index contributed by atoms with van der Waals surface area (Å²) in [5, 5.41) is 8.81. The molecule has 0 fully saturated rings. The van der Waals surface area contributed by atoms with Gasteiger partial charge in [-0.3, -0.25) is 0 Å². The van der Waals surface area contributed by atoms with Gasteiger partial charge in [-0.25, -0.2) is 0 Å². The van der Waals surface area contributed by atoms with Crippen LogP contribution < -0.4 is 4.74 Å². The van der Waals surface area contributed by atoms with Gasteiger partial charge in [0.1, 0.15) is 11.8 Å². The fourth-order valence-corrected chi connectivity index (χ4v) is 1.25. The van der Waals surface area contributed by atoms with Crippen LogP contribution in [0.1, 0.15) is 31.9 Å². The highest BCUT2D eigenvalue weighted by molar-refractivity contribution is 5.46. The molecule has 1 aromatic rings. The lowest BCUT2D eigenvalue weighted by molar-refractivity contribution is 0.411. The molecule has 0 aliphatic heterocycles. The number of ether oxygens (including phenoxy) is 1. The molecule has 0 amide bonds. The number of rotatable bonds is 1. The first-order chi connectivity index (χ1) is 6.49. The lowest BCUT2D eigenvalue weighted by Gasteiger charge is -2.19. The van der Waals surface area contributed by atoms with E-state index in [1.807, 2.05) is 12.1 Å². The van der Waals surface area contributed by atoms with E-state index in [0.717, 1.165) is 0 Å². The molecule has 0 aliphatic rings. The lowest BCUT2D eigenvalue weighted by Crippen LogP contribution is -2.11. The van der Waals surface area contributed by atoms with E-state index in [0.29, 0.717) is 11.3 Å². The second kappa shape index (κ2) is 3.71. The van der Waals surface area contributed by atoms with E-state index in [2.05, 4.69) is 26.8 Å². The van der Waals surface area contributed by atoms with E-state index in [1.54, 1.807) is 13.2 Å². The van der Waals surface area contributed by atoms with Gasteiger partial charge in [0.25, 0.3) is 0 Å². The number of benzene rings is 1. The number of nitrogens with zero attached hydrogens (tertiary/aromatic N) is 1. The van der Waals surface area contributed by atoms with Gasteiger partial charge in [-0.15, -0.1) is 0 Å². The molecule has 0 saturated heterocycles. The van der Waals surface area contributed by atoms with Crippen molar-refractivity contribution in [3.63, 3.8) is 0 Å². The van der Waals surface area contributed by atoms with Gasteiger partial charge in [0.2, 0.25) is 0 Å². The monoisotopic (exact) mass is 189 g/mol. The summed E-state index contributed by atoms with van der Waals surface area (Å²) in [6, 6.07) is 7.81. The summed E-state index contributed by atoms with van der Waals surface area (Å²) in [7, 11) is 1.59. The Bertz CT molecular complexity index is 369. The largest absolute Gasteiger partial charge is 0.495 e. The maximum Gasteiger partial charge on any atom is 0.136 e. The predicted molar refractivity (Wildman–Crippen MR) is 56.4 cm³/mol. The van der Waals surface area contributed by atoms with Crippen molar-refractivity contribution in [3.05, 3.63) is 29.3 Å². The van der Waals surface area contributed by atoms with Crippen molar-refractivity contribution in [3.8, 4) is 11.8 Å². The van der Waals surface area contributed by atoms with E-state index in [1.165, 1.54) is 5.56 Å². The van der Waals surface area contributed by atoms with Crippen molar-refractivity contribution >= 4 is 0 Å². The van der Waals surface area contributed by atoms with E-state index < -0.39 is 0 Å². The second-order valence-corrected chi connectivity index (χ2v) is 4.28. The maximum absolute atomic E-state index is 8.81. The Hall–Kier alpha value is -1.49. The fourth-order valence-electron chi connectivity index (χ4n) is 1.25. The van der Waals surface area contributed by atoms with Gasteiger partial charge in [0.05, 0.1) is 12.7 Å². The summed E-state index contributed by atoms with van der Waals surface area (Å²) in [5.41, 5.74) is 1.84. The van der Waals surface area contributed by atoms with Crippen LogP contribution in [0.25, 0.3) is 0 Å². The van der Waals surface area contributed by atoms with Crippen LogP contribution in [0.15, 0.2) is 18.2 Å². The summed E-state index contributed by atoms with van der Waals surface area (Å²) in [6.45, 7) is 6.40. The third kappa shape index (κ3) is 2.05. The fraction of sp³-hybridized carbons (Fsp3) is 0.417. The molecule has 0 N–H and O–H groups in total. The third-order valence-electron chi connectivity index (χ3n) is 2.19. The average molecular weight is 189 g/mol. The summed E-state index contributed by atoms with van der Waals surface area (Å²) in [6.07, 6.45) is 0. The van der Waals surface area contributed by atoms with Crippen molar-refractivity contribution < 1.29 is 4.74 Å². The zero-order valence-electron chi connectivity index (χ0n) is 9.09. The first kappa shape index (κ1) is 10.6. The summed E-state index contributed by atoms with van der Waals surface area (Å²) < 4.78 is 5.15. The maximum atomic E-state index is 8.81. The molecule has 0 heterocycles. The summed E-state index contributed by atoms with van der Waals surface area (Å²) in [5.74, 6) is 0.653. The Morgan fingerprint density at radius 1 is 1.29 bits per heavy atom. The Morgan fingerprint density at radius 2 is 1.93 bits per heavy atom. The van der Waals surface area contributed by atoms with Gasteiger partial charge in [0.15, 0.2) is 0 Å². The van der Waals surface area contributed by atoms with Gasteiger partial charge in [-0.1, -0.05) is 26.8 Å². The van der Waals surface area contributed by atoms with Crippen LogP contribution in [0.2, 0.25) is 0 Å². The van der Waals surface area contributed by atoms with E-state index in [9.17, 15) is 0 Å². The number of methoxy groups -OCH3 is 1. The Morgan fingerprint density at radius 3 is 2.36 bits per heavy atom. The molecule has 0 atom stereocenters. The Labute approximate surface area is 85.1 Å². The molecule has 74 valence electrons. The molecule has 14 heavy (non-hydrogen) atoms. The van der Waals surface area contributed by atoms with E-state index >= 15 is 0 Å². The van der Waals surface area contributed by atoms with Crippen LogP contribution in [0.5, 0.6) is 5.75 Å². The highest BCUT2D eigenvalue weighted by Gasteiger charge is 2.15. The Balaban J connectivity index is 3.23. The molecular formula is C12H15NO. The minimum Gasteiger partial charge on any atom is -0.495 e. The molecule has 0 spiro atoms. The van der Waals surface area contributed by atoms with Crippen LogP contribution in [0.4, 0.5) is 0 Å². The minimum atomic E-state index is 0.0846. The van der Waals surface area contributed by atoms with Gasteiger partial charge >= 0.3 is 0 Å². The first-order valence-corrected chi connectivity index (χ1v) is 4.57. The van der Waals surface area contributed by atoms with Crippen molar-refractivity contribution in [2.45, 2.75) is 26.2 Å². The SMILES string of the molecule is COc1cc(C(C)(C)C)ccc1C#N. The molecule has 0 radical (unpaired) electrons. The van der Waals surface area contributed by atoms with Gasteiger partial charge < -0.3 is 4.74 Å². The Kier molecular flexibility index (Phi) is 2.81. The van der Waals surface area contributed by atoms with Crippen LogP contribution in [0.3, 0.4) is 0 Å². The van der Waals surface area contributed by atoms with Crippen LogP contribution in [-0.2, 0) is 5.41 Å². The van der Waals surface area contributed by atoms with Crippen molar-refractivity contribution in [1.29, 1.82) is 5.26 Å². The van der Waals surface area contributed by atoms with Crippen LogP contribution in [-0.4, -0.2) is 7.11 Å². The first-order valence-electron chi connectivity index (χ1n) is 4.57. The summed E-state index contributed by atoms with van der Waals surface area (Å²) in [4.78, 5) is 0. The van der Waals surface area contributed by atoms with E-state index in [4.69, 9.17) is 10.00 Å². The van der Waals surface area contributed by atoms with E-state index in [-0.39, 0.29) is 5.41 Å². The molecule has 0 saturated carbocycles. The normalized spacial score (nSPS) is 10.8. The topological polar surface area (TPSA) is 33.0 Å². The standard InChI is InChI=1S/C12H15NO/c1-12(2,3)10-6-5-9(8-13)11(7-10)14-4/h5-7H,1-4H3. The quantitative estimate of drug-likeness (QED) is 0.680. The lowest BCUT2D eigenvalue weighted by atomic mass is 9.86. The molecule has 2 nitrogen and oxygen atoms in total. The second-order valence-electron chi connectivity index (χ2n) is 4.28. The molecule has 0 aromatic heterocycles. The zero-order valence-corrected chi connectivity index (χ0v) is 9.09. The van der Waals surface area contributed by atoms with Crippen LogP contribution >= 0.6 is 0 Å². The van der Waals surface area contributed by atoms with Crippen molar-refractivity contribution in [2.24, 2.45) is 0 Å². The van der Waals surface area contributed by atoms with Crippen molar-refractivity contribution in [2.75, 3.05) is 7.11 Å². The zero-order chi connectivity index (χ0) is 10.8. The summed E-state index contributed by atoms with van der Waals surface area (Å²) >= 11 is 0. The van der Waals surface area contributed by atoms with Gasteiger partial charge in [0, 0.05) is 0 Å².